The van der Waals surface area contributed by atoms with Gasteiger partial charge in [0.1, 0.15) is 0 Å². The van der Waals surface area contributed by atoms with Gasteiger partial charge in [-0.15, -0.1) is 0 Å². The molecule has 1 heterocycles. The highest BCUT2D eigenvalue weighted by molar-refractivity contribution is 7.89. The van der Waals surface area contributed by atoms with E-state index < -0.39 is 26.7 Å². The molecule has 1 aliphatic rings. The topological polar surface area (TPSA) is 69.6 Å². The zero-order valence-corrected chi connectivity index (χ0v) is 11.8. The monoisotopic (exact) mass is 324 g/mol. The molecule has 1 aromatic carbocycles. The van der Waals surface area contributed by atoms with Crippen LogP contribution in [0, 0.1) is 0 Å². The average Bonchev–Trinajstić information content (AvgIpc) is 2.46. The Bertz CT molecular complexity index is 596. The summed E-state index contributed by atoms with van der Waals surface area (Å²) in [5.41, 5.74) is 0.890. The van der Waals surface area contributed by atoms with Crippen molar-refractivity contribution in [2.75, 3.05) is 13.1 Å². The molecule has 0 bridgehead atoms. The molecule has 1 fully saturated rings. The number of nitrogens with one attached hydrogen (secondary N) is 1. The summed E-state index contributed by atoms with van der Waals surface area (Å²) in [6.45, 7) is 0.125. The molecule has 1 aromatic rings. The second kappa shape index (κ2) is 5.91. The van der Waals surface area contributed by atoms with E-state index in [2.05, 4.69) is 0 Å². The van der Waals surface area contributed by atoms with Crippen molar-refractivity contribution >= 4 is 10.0 Å². The number of nitrogens with zero attached hydrogens (tertiary/aromatic N) is 1. The van der Waals surface area contributed by atoms with Crippen LogP contribution in [0.3, 0.4) is 0 Å². The highest BCUT2D eigenvalue weighted by Gasteiger charge is 2.39. The third-order valence-corrected chi connectivity index (χ3v) is 5.40. The van der Waals surface area contributed by atoms with Gasteiger partial charge in [0.25, 0.3) is 0 Å². The summed E-state index contributed by atoms with van der Waals surface area (Å²) in [4.78, 5) is -0.729. The minimum atomic E-state index is -4.73. The molecule has 0 unspecified atom stereocenters. The Morgan fingerprint density at radius 3 is 2.29 bits per heavy atom. The highest BCUT2D eigenvalue weighted by atomic mass is 32.2. The van der Waals surface area contributed by atoms with Crippen molar-refractivity contribution in [3.05, 3.63) is 29.8 Å². The van der Waals surface area contributed by atoms with Crippen LogP contribution in [0.2, 0.25) is 0 Å². The van der Waals surface area contributed by atoms with E-state index >= 15 is 0 Å². The fraction of sp³-hybridized carbons (Fsp3) is 0.500. The van der Waals surface area contributed by atoms with Crippen molar-refractivity contribution in [1.82, 2.24) is 9.79 Å². The summed E-state index contributed by atoms with van der Waals surface area (Å²) in [5.74, 6) is 0. The van der Waals surface area contributed by atoms with Crippen molar-refractivity contribution in [3.8, 4) is 0 Å². The number of piperidine rings is 1. The molecule has 0 amide bonds. The van der Waals surface area contributed by atoms with Crippen LogP contribution in [-0.2, 0) is 16.2 Å². The smallest absolute Gasteiger partial charge is 0.317 e. The van der Waals surface area contributed by atoms with Gasteiger partial charge >= 0.3 is 6.18 Å². The van der Waals surface area contributed by atoms with Gasteiger partial charge < -0.3 is 5.21 Å². The molecule has 0 radical (unpaired) electrons. The predicted molar refractivity (Wildman–Crippen MR) is 68.1 cm³/mol. The molecule has 0 aromatic heterocycles. The van der Waals surface area contributed by atoms with Gasteiger partial charge in [-0.2, -0.15) is 17.5 Å². The molecule has 0 atom stereocenters. The minimum absolute atomic E-state index is 0.0623. The van der Waals surface area contributed by atoms with Gasteiger partial charge in [-0.05, 0) is 25.0 Å². The third kappa shape index (κ3) is 3.37. The fourth-order valence-electron chi connectivity index (χ4n) is 2.29. The van der Waals surface area contributed by atoms with E-state index in [4.69, 9.17) is 5.21 Å². The van der Waals surface area contributed by atoms with E-state index in [-0.39, 0.29) is 19.1 Å². The number of hydroxylamine groups is 1. The molecular formula is C12H15F3N2O3S. The number of sulfonamides is 1. The van der Waals surface area contributed by atoms with Gasteiger partial charge in [0, 0.05) is 19.1 Å². The molecule has 5 nitrogen and oxygen atoms in total. The first-order chi connectivity index (χ1) is 9.76. The Labute approximate surface area is 120 Å². The summed E-state index contributed by atoms with van der Waals surface area (Å²) < 4.78 is 64.6. The van der Waals surface area contributed by atoms with E-state index in [1.807, 2.05) is 5.48 Å². The largest absolute Gasteiger partial charge is 0.417 e. The summed E-state index contributed by atoms with van der Waals surface area (Å²) >= 11 is 0. The Morgan fingerprint density at radius 1 is 1.19 bits per heavy atom. The molecule has 21 heavy (non-hydrogen) atoms. The van der Waals surface area contributed by atoms with Crippen molar-refractivity contribution < 1.29 is 26.8 Å². The quantitative estimate of drug-likeness (QED) is 0.833. The first-order valence-electron chi connectivity index (χ1n) is 6.33. The molecule has 2 rings (SSSR count). The van der Waals surface area contributed by atoms with Crippen molar-refractivity contribution in [2.24, 2.45) is 0 Å². The summed E-state index contributed by atoms with van der Waals surface area (Å²) in [7, 11) is -4.20. The number of benzene rings is 1. The van der Waals surface area contributed by atoms with Gasteiger partial charge in [0.2, 0.25) is 10.0 Å². The van der Waals surface area contributed by atoms with Gasteiger partial charge in [-0.3, -0.25) is 0 Å². The second-order valence-corrected chi connectivity index (χ2v) is 6.71. The third-order valence-electron chi connectivity index (χ3n) is 3.45. The Balaban J connectivity index is 2.33. The molecule has 9 heteroatoms. The minimum Gasteiger partial charge on any atom is -0.317 e. The van der Waals surface area contributed by atoms with Crippen molar-refractivity contribution in [2.45, 2.75) is 30.0 Å². The second-order valence-electron chi connectivity index (χ2n) is 4.80. The van der Waals surface area contributed by atoms with Crippen LogP contribution < -0.4 is 5.48 Å². The normalized spacial score (nSPS) is 18.9. The van der Waals surface area contributed by atoms with E-state index in [0.29, 0.717) is 12.8 Å². The van der Waals surface area contributed by atoms with Gasteiger partial charge in [0.05, 0.1) is 10.5 Å². The first-order valence-corrected chi connectivity index (χ1v) is 7.77. The van der Waals surface area contributed by atoms with Gasteiger partial charge in [-0.25, -0.2) is 13.9 Å². The Hall–Kier alpha value is -1.16. The molecule has 1 aliphatic heterocycles. The van der Waals surface area contributed by atoms with Crippen molar-refractivity contribution in [3.63, 3.8) is 0 Å². The predicted octanol–water partition coefficient (Wildman–Crippen LogP) is 1.84. The lowest BCUT2D eigenvalue weighted by molar-refractivity contribution is -0.139. The number of hydrogen-bond donors (Lipinski definition) is 2. The number of alkyl halides is 3. The van der Waals surface area contributed by atoms with Crippen LogP contribution in [0.1, 0.15) is 18.4 Å². The summed E-state index contributed by atoms with van der Waals surface area (Å²) in [6.07, 6.45) is -4.05. The number of rotatable bonds is 3. The van der Waals surface area contributed by atoms with Crippen molar-refractivity contribution in [1.29, 1.82) is 0 Å². The van der Waals surface area contributed by atoms with Crippen LogP contribution in [0.25, 0.3) is 0 Å². The number of halogens is 3. The maximum absolute atomic E-state index is 12.9. The zero-order valence-electron chi connectivity index (χ0n) is 11.0. The molecule has 1 saturated heterocycles. The zero-order chi connectivity index (χ0) is 15.7. The summed E-state index contributed by atoms with van der Waals surface area (Å²) in [5, 5.41) is 8.78. The molecule has 2 N–H and O–H groups in total. The van der Waals surface area contributed by atoms with Gasteiger partial charge in [0.15, 0.2) is 0 Å². The lowest BCUT2D eigenvalue weighted by atomic mass is 10.1. The lowest BCUT2D eigenvalue weighted by Crippen LogP contribution is -2.44. The maximum Gasteiger partial charge on any atom is 0.417 e. The van der Waals surface area contributed by atoms with Crippen LogP contribution in [-0.4, -0.2) is 37.1 Å². The maximum atomic E-state index is 12.9. The molecule has 118 valence electrons. The molecule has 0 spiro atoms. The Kier molecular flexibility index (Phi) is 4.57. The van der Waals surface area contributed by atoms with E-state index in [1.165, 1.54) is 6.07 Å². The molecule has 0 saturated carbocycles. The highest BCUT2D eigenvalue weighted by Crippen LogP contribution is 2.35. The van der Waals surface area contributed by atoms with E-state index in [0.717, 1.165) is 22.5 Å². The van der Waals surface area contributed by atoms with E-state index in [9.17, 15) is 21.6 Å². The van der Waals surface area contributed by atoms with Crippen LogP contribution in [0.15, 0.2) is 29.2 Å². The van der Waals surface area contributed by atoms with Gasteiger partial charge in [-0.1, -0.05) is 12.1 Å². The number of hydrogen-bond acceptors (Lipinski definition) is 4. The first kappa shape index (κ1) is 16.2. The SMILES string of the molecule is O=S(=O)(c1ccccc1C(F)(F)F)N1CCC(NO)CC1. The van der Waals surface area contributed by atoms with E-state index in [1.54, 1.807) is 0 Å². The molecular weight excluding hydrogens is 309 g/mol. The fourth-order valence-corrected chi connectivity index (χ4v) is 3.97. The van der Waals surface area contributed by atoms with Crippen LogP contribution in [0.4, 0.5) is 13.2 Å². The van der Waals surface area contributed by atoms with Crippen LogP contribution >= 0.6 is 0 Å². The lowest BCUT2D eigenvalue weighted by Gasteiger charge is -2.31. The standard InChI is InChI=1S/C12H15F3N2O3S/c13-12(14,15)10-3-1-2-4-11(10)21(19,20)17-7-5-9(16-18)6-8-17/h1-4,9,16,18H,5-8H2. The summed E-state index contributed by atoms with van der Waals surface area (Å²) in [6, 6.07) is 3.91. The van der Waals surface area contributed by atoms with Crippen LogP contribution in [0.5, 0.6) is 0 Å². The average molecular weight is 324 g/mol. The molecule has 0 aliphatic carbocycles. The Morgan fingerprint density at radius 2 is 1.76 bits per heavy atom.